The number of nitrogens with two attached hydrogens (primary N) is 1. The third-order valence-corrected chi connectivity index (χ3v) is 3.38. The van der Waals surface area contributed by atoms with Crippen molar-refractivity contribution in [1.29, 1.82) is 0 Å². The van der Waals surface area contributed by atoms with Crippen molar-refractivity contribution >= 4 is 35.6 Å². The minimum atomic E-state index is -1.09. The van der Waals surface area contributed by atoms with Crippen molar-refractivity contribution in [3.8, 4) is 0 Å². The van der Waals surface area contributed by atoms with Gasteiger partial charge in [0.05, 0.1) is 20.6 Å². The van der Waals surface area contributed by atoms with Crippen molar-refractivity contribution < 1.29 is 33.4 Å². The van der Waals surface area contributed by atoms with Gasteiger partial charge in [-0.05, 0) is 0 Å². The molecule has 0 aliphatic heterocycles. The summed E-state index contributed by atoms with van der Waals surface area (Å²) in [4.78, 5) is 44.5. The molecule has 0 amide bonds. The molecule has 0 heterocycles. The third kappa shape index (κ3) is 7.10. The zero-order valence-electron chi connectivity index (χ0n) is 11.4. The van der Waals surface area contributed by atoms with E-state index >= 15 is 0 Å². The van der Waals surface area contributed by atoms with Gasteiger partial charge in [0.2, 0.25) is 0 Å². The van der Waals surface area contributed by atoms with Crippen LogP contribution in [-0.4, -0.2) is 55.1 Å². The molecule has 2 atom stereocenters. The standard InChI is InChI=1S/C11H17NO7S/c1-6(13)19-10(15)7(12)5-20-8(11(16)18-3)4-9(14)17-2/h7-8H,4-5,12H2,1-3H3/t7-,8?/m0/s1. The molecule has 1 unspecified atom stereocenters. The normalized spacial score (nSPS) is 13.0. The molecule has 114 valence electrons. The molecule has 0 aliphatic carbocycles. The summed E-state index contributed by atoms with van der Waals surface area (Å²) in [5.74, 6) is -2.90. The Morgan fingerprint density at radius 3 is 2.15 bits per heavy atom. The van der Waals surface area contributed by atoms with Gasteiger partial charge in [-0.15, -0.1) is 11.8 Å². The van der Waals surface area contributed by atoms with E-state index in [9.17, 15) is 19.2 Å². The Labute approximate surface area is 120 Å². The van der Waals surface area contributed by atoms with Crippen LogP contribution in [0.15, 0.2) is 0 Å². The SMILES string of the molecule is COC(=O)CC(SC[C@H](N)C(=O)OC(C)=O)C(=O)OC. The first-order valence-electron chi connectivity index (χ1n) is 5.55. The van der Waals surface area contributed by atoms with E-state index in [1.165, 1.54) is 14.2 Å². The molecular formula is C11H17NO7S. The highest BCUT2D eigenvalue weighted by molar-refractivity contribution is 8.00. The van der Waals surface area contributed by atoms with Crippen LogP contribution in [0.5, 0.6) is 0 Å². The summed E-state index contributed by atoms with van der Waals surface area (Å²) in [5, 5.41) is -0.844. The van der Waals surface area contributed by atoms with E-state index in [1.807, 2.05) is 0 Å². The van der Waals surface area contributed by atoms with Gasteiger partial charge in [0.1, 0.15) is 11.3 Å². The van der Waals surface area contributed by atoms with Gasteiger partial charge < -0.3 is 19.9 Å². The molecule has 0 radical (unpaired) electrons. The summed E-state index contributed by atoms with van der Waals surface area (Å²) in [6.45, 7) is 1.08. The lowest BCUT2D eigenvalue weighted by molar-refractivity contribution is -0.158. The first-order chi connectivity index (χ1) is 9.31. The van der Waals surface area contributed by atoms with E-state index in [0.717, 1.165) is 18.7 Å². The number of rotatable bonds is 7. The molecular weight excluding hydrogens is 290 g/mol. The highest BCUT2D eigenvalue weighted by Gasteiger charge is 2.26. The number of ether oxygens (including phenoxy) is 3. The number of thioether (sulfide) groups is 1. The van der Waals surface area contributed by atoms with E-state index in [2.05, 4.69) is 14.2 Å². The van der Waals surface area contributed by atoms with Crippen LogP contribution in [0.3, 0.4) is 0 Å². The number of esters is 4. The lowest BCUT2D eigenvalue weighted by Crippen LogP contribution is -2.37. The first-order valence-corrected chi connectivity index (χ1v) is 6.60. The third-order valence-electron chi connectivity index (χ3n) is 2.07. The van der Waals surface area contributed by atoms with Crippen molar-refractivity contribution in [2.45, 2.75) is 24.6 Å². The van der Waals surface area contributed by atoms with Crippen LogP contribution in [0.25, 0.3) is 0 Å². The Kier molecular flexibility index (Phi) is 8.57. The molecule has 8 nitrogen and oxygen atoms in total. The maximum Gasteiger partial charge on any atom is 0.331 e. The Hall–Kier alpha value is -1.61. The van der Waals surface area contributed by atoms with E-state index in [1.54, 1.807) is 0 Å². The van der Waals surface area contributed by atoms with Crippen molar-refractivity contribution in [2.75, 3.05) is 20.0 Å². The van der Waals surface area contributed by atoms with E-state index < -0.39 is 35.2 Å². The maximum absolute atomic E-state index is 11.5. The molecule has 0 fully saturated rings. The summed E-state index contributed by atoms with van der Waals surface area (Å²) in [6, 6.07) is -1.09. The number of methoxy groups -OCH3 is 2. The summed E-state index contributed by atoms with van der Waals surface area (Å²) in [7, 11) is 2.37. The van der Waals surface area contributed by atoms with Crippen molar-refractivity contribution in [3.05, 3.63) is 0 Å². The summed E-state index contributed by atoms with van der Waals surface area (Å²) in [6.07, 6.45) is -0.206. The molecule has 0 aromatic heterocycles. The fourth-order valence-corrected chi connectivity index (χ4v) is 2.14. The molecule has 0 bridgehead atoms. The Balaban J connectivity index is 4.45. The predicted molar refractivity (Wildman–Crippen MR) is 69.6 cm³/mol. The van der Waals surface area contributed by atoms with Crippen molar-refractivity contribution in [2.24, 2.45) is 5.73 Å². The maximum atomic E-state index is 11.5. The largest absolute Gasteiger partial charge is 0.469 e. The molecule has 0 saturated heterocycles. The molecule has 20 heavy (non-hydrogen) atoms. The predicted octanol–water partition coefficient (Wildman–Crippen LogP) is -0.759. The molecule has 0 aromatic rings. The highest BCUT2D eigenvalue weighted by atomic mass is 32.2. The zero-order valence-corrected chi connectivity index (χ0v) is 12.2. The Morgan fingerprint density at radius 2 is 1.70 bits per heavy atom. The fourth-order valence-electron chi connectivity index (χ4n) is 1.08. The molecule has 0 aliphatic rings. The van der Waals surface area contributed by atoms with Gasteiger partial charge in [-0.1, -0.05) is 0 Å². The molecule has 9 heteroatoms. The van der Waals surface area contributed by atoms with Crippen LogP contribution >= 0.6 is 11.8 Å². The van der Waals surface area contributed by atoms with Gasteiger partial charge in [0.15, 0.2) is 0 Å². The van der Waals surface area contributed by atoms with E-state index in [0.29, 0.717) is 0 Å². The number of hydrogen-bond acceptors (Lipinski definition) is 9. The van der Waals surface area contributed by atoms with Gasteiger partial charge in [0, 0.05) is 12.7 Å². The van der Waals surface area contributed by atoms with Crippen LogP contribution in [0.2, 0.25) is 0 Å². The second-order valence-corrected chi connectivity index (χ2v) is 4.88. The Morgan fingerprint density at radius 1 is 1.10 bits per heavy atom. The second kappa shape index (κ2) is 9.32. The minimum Gasteiger partial charge on any atom is -0.469 e. The number of carbonyl (C=O) groups excluding carboxylic acids is 4. The molecule has 2 N–H and O–H groups in total. The summed E-state index contributed by atoms with van der Waals surface area (Å²) >= 11 is 0.949. The molecule has 0 spiro atoms. The smallest absolute Gasteiger partial charge is 0.331 e. The quantitative estimate of drug-likeness (QED) is 0.367. The van der Waals surface area contributed by atoms with Crippen LogP contribution < -0.4 is 5.73 Å². The topological polar surface area (TPSA) is 122 Å². The van der Waals surface area contributed by atoms with Gasteiger partial charge in [-0.2, -0.15) is 0 Å². The van der Waals surface area contributed by atoms with Crippen LogP contribution in [0.1, 0.15) is 13.3 Å². The molecule has 0 saturated carbocycles. The lowest BCUT2D eigenvalue weighted by Gasteiger charge is -2.15. The summed E-state index contributed by atoms with van der Waals surface area (Å²) < 4.78 is 13.3. The van der Waals surface area contributed by atoms with E-state index in [4.69, 9.17) is 5.73 Å². The average Bonchev–Trinajstić information content (AvgIpc) is 2.40. The van der Waals surface area contributed by atoms with Crippen LogP contribution in [0, 0.1) is 0 Å². The lowest BCUT2D eigenvalue weighted by atomic mass is 10.3. The van der Waals surface area contributed by atoms with Crippen LogP contribution in [-0.2, 0) is 33.4 Å². The number of carbonyl (C=O) groups is 4. The first kappa shape index (κ1) is 18.4. The summed E-state index contributed by atoms with van der Waals surface area (Å²) in [5.41, 5.74) is 5.50. The van der Waals surface area contributed by atoms with Gasteiger partial charge in [-0.25, -0.2) is 4.79 Å². The zero-order chi connectivity index (χ0) is 15.7. The van der Waals surface area contributed by atoms with E-state index in [-0.39, 0.29) is 12.2 Å². The monoisotopic (exact) mass is 307 g/mol. The van der Waals surface area contributed by atoms with Gasteiger partial charge >= 0.3 is 23.9 Å². The van der Waals surface area contributed by atoms with Gasteiger partial charge in [-0.3, -0.25) is 14.4 Å². The van der Waals surface area contributed by atoms with Crippen LogP contribution in [0.4, 0.5) is 0 Å². The highest BCUT2D eigenvalue weighted by Crippen LogP contribution is 2.18. The van der Waals surface area contributed by atoms with Gasteiger partial charge in [0.25, 0.3) is 0 Å². The molecule has 0 aromatic carbocycles. The number of hydrogen-bond donors (Lipinski definition) is 1. The molecule has 0 rings (SSSR count). The Bertz CT molecular complexity index is 385. The van der Waals surface area contributed by atoms with Crippen molar-refractivity contribution in [1.82, 2.24) is 0 Å². The minimum absolute atomic E-state index is 0.0110. The second-order valence-electron chi connectivity index (χ2n) is 3.64. The average molecular weight is 307 g/mol. The fraction of sp³-hybridized carbons (Fsp3) is 0.636. The van der Waals surface area contributed by atoms with Crippen molar-refractivity contribution in [3.63, 3.8) is 0 Å².